The molecule has 0 unspecified atom stereocenters. The number of ether oxygens (including phenoxy) is 1. The lowest BCUT2D eigenvalue weighted by molar-refractivity contribution is 0.0271. The Bertz CT molecular complexity index is 1140. The van der Waals surface area contributed by atoms with Gasteiger partial charge in [-0.15, -0.1) is 0 Å². The van der Waals surface area contributed by atoms with E-state index in [-0.39, 0.29) is 36.0 Å². The summed E-state index contributed by atoms with van der Waals surface area (Å²) in [5, 5.41) is 16.3. The number of aryl methyl sites for hydroxylation is 1. The fourth-order valence-corrected chi connectivity index (χ4v) is 3.92. The van der Waals surface area contributed by atoms with Gasteiger partial charge in [0, 0.05) is 30.6 Å². The number of nitrogens with zero attached hydrogens (tertiary/aromatic N) is 3. The molecule has 1 aliphatic carbocycles. The maximum absolute atomic E-state index is 13.0. The van der Waals surface area contributed by atoms with Crippen molar-refractivity contribution in [3.8, 4) is 11.1 Å². The molecule has 3 aromatic rings. The number of hydrogen-bond donors (Lipinski definition) is 3. The van der Waals surface area contributed by atoms with Crippen molar-refractivity contribution < 1.29 is 19.4 Å². The predicted molar refractivity (Wildman–Crippen MR) is 118 cm³/mol. The Balaban J connectivity index is 1.42. The Morgan fingerprint density at radius 2 is 2.09 bits per heavy atom. The molecule has 1 fully saturated rings. The van der Waals surface area contributed by atoms with Gasteiger partial charge in [0.25, 0.3) is 5.91 Å². The number of anilines is 1. The molecule has 9 heteroatoms. The molecule has 166 valence electrons. The second kappa shape index (κ2) is 9.19. The van der Waals surface area contributed by atoms with Crippen LogP contribution in [0.5, 0.6) is 0 Å². The lowest BCUT2D eigenvalue weighted by Gasteiger charge is -2.22. The molecule has 0 bridgehead atoms. The SMILES string of the molecule is Cn1cc(-c2cnc(N)c(C(=O)N[C@H]3CCC[C@@H]3OCc3cccc(C(=O)O)c3)c2)cn1. The van der Waals surface area contributed by atoms with Gasteiger partial charge in [0.15, 0.2) is 0 Å². The number of amides is 1. The molecule has 2 heterocycles. The van der Waals surface area contributed by atoms with Crippen molar-refractivity contribution in [1.82, 2.24) is 20.1 Å². The Hall–Kier alpha value is -3.72. The van der Waals surface area contributed by atoms with E-state index in [1.54, 1.807) is 41.3 Å². The van der Waals surface area contributed by atoms with Crippen LogP contribution in [0.25, 0.3) is 11.1 Å². The number of hydrogen-bond acceptors (Lipinski definition) is 6. The van der Waals surface area contributed by atoms with Gasteiger partial charge in [-0.3, -0.25) is 9.48 Å². The van der Waals surface area contributed by atoms with E-state index in [0.717, 1.165) is 36.0 Å². The molecular formula is C23H25N5O4. The molecule has 2 aromatic heterocycles. The molecule has 0 aliphatic heterocycles. The van der Waals surface area contributed by atoms with Crippen LogP contribution in [0.2, 0.25) is 0 Å². The van der Waals surface area contributed by atoms with Crippen molar-refractivity contribution in [2.45, 2.75) is 38.0 Å². The number of rotatable bonds is 7. The molecule has 4 rings (SSSR count). The number of carbonyl (C=O) groups is 2. The molecule has 1 saturated carbocycles. The van der Waals surface area contributed by atoms with Crippen molar-refractivity contribution in [3.05, 3.63) is 65.6 Å². The van der Waals surface area contributed by atoms with Crippen molar-refractivity contribution in [2.75, 3.05) is 5.73 Å². The molecule has 2 atom stereocenters. The first-order valence-electron chi connectivity index (χ1n) is 10.4. The van der Waals surface area contributed by atoms with E-state index >= 15 is 0 Å². The molecular weight excluding hydrogens is 410 g/mol. The van der Waals surface area contributed by atoms with E-state index in [0.29, 0.717) is 5.56 Å². The fraction of sp³-hybridized carbons (Fsp3) is 0.304. The number of benzene rings is 1. The van der Waals surface area contributed by atoms with E-state index in [4.69, 9.17) is 15.6 Å². The molecule has 1 amide bonds. The predicted octanol–water partition coefficient (Wildman–Crippen LogP) is 2.63. The number of carbonyl (C=O) groups excluding carboxylic acids is 1. The largest absolute Gasteiger partial charge is 0.478 e. The average molecular weight is 435 g/mol. The van der Waals surface area contributed by atoms with Gasteiger partial charge in [-0.25, -0.2) is 9.78 Å². The van der Waals surface area contributed by atoms with Crippen LogP contribution < -0.4 is 11.1 Å². The highest BCUT2D eigenvalue weighted by molar-refractivity contribution is 5.99. The van der Waals surface area contributed by atoms with Crippen LogP contribution in [0.1, 0.15) is 45.5 Å². The highest BCUT2D eigenvalue weighted by Crippen LogP contribution is 2.25. The van der Waals surface area contributed by atoms with Crippen LogP contribution in [0, 0.1) is 0 Å². The number of aromatic carboxylic acids is 1. The zero-order valence-electron chi connectivity index (χ0n) is 17.7. The van der Waals surface area contributed by atoms with Gasteiger partial charge in [-0.05, 0) is 43.0 Å². The topological polar surface area (TPSA) is 132 Å². The van der Waals surface area contributed by atoms with E-state index in [9.17, 15) is 9.59 Å². The average Bonchev–Trinajstić information content (AvgIpc) is 3.41. The first kappa shape index (κ1) is 21.5. The fourth-order valence-electron chi connectivity index (χ4n) is 3.92. The molecule has 0 spiro atoms. The number of nitrogen functional groups attached to an aromatic ring is 1. The Morgan fingerprint density at radius 3 is 2.84 bits per heavy atom. The molecule has 0 radical (unpaired) electrons. The standard InChI is InChI=1S/C23H25N5O4/c1-28-12-17(11-26-28)16-9-18(21(24)25-10-16)22(29)27-19-6-3-7-20(19)32-13-14-4-2-5-15(8-14)23(30)31/h2,4-5,8-12,19-20H,3,6-7,13H2,1H3,(H2,24,25)(H,27,29)(H,30,31)/t19-,20-/m0/s1. The molecule has 32 heavy (non-hydrogen) atoms. The Morgan fingerprint density at radius 1 is 1.25 bits per heavy atom. The van der Waals surface area contributed by atoms with E-state index in [1.807, 2.05) is 19.3 Å². The zero-order valence-corrected chi connectivity index (χ0v) is 17.7. The summed E-state index contributed by atoms with van der Waals surface area (Å²) in [5.41, 5.74) is 8.90. The van der Waals surface area contributed by atoms with Crippen LogP contribution in [-0.2, 0) is 18.4 Å². The number of pyridine rings is 1. The minimum absolute atomic E-state index is 0.161. The van der Waals surface area contributed by atoms with E-state index in [2.05, 4.69) is 15.4 Å². The van der Waals surface area contributed by atoms with Crippen LogP contribution in [0.15, 0.2) is 48.9 Å². The summed E-state index contributed by atoms with van der Waals surface area (Å²) in [4.78, 5) is 28.3. The van der Waals surface area contributed by atoms with Crippen molar-refractivity contribution >= 4 is 17.7 Å². The number of nitrogens with two attached hydrogens (primary N) is 1. The third-order valence-corrected chi connectivity index (χ3v) is 5.61. The van der Waals surface area contributed by atoms with Gasteiger partial charge in [0.2, 0.25) is 0 Å². The summed E-state index contributed by atoms with van der Waals surface area (Å²) < 4.78 is 7.71. The number of nitrogens with one attached hydrogen (secondary N) is 1. The third-order valence-electron chi connectivity index (χ3n) is 5.61. The summed E-state index contributed by atoms with van der Waals surface area (Å²) in [6.07, 6.45) is 7.53. The normalized spacial score (nSPS) is 17.9. The first-order chi connectivity index (χ1) is 15.4. The molecule has 1 aromatic carbocycles. The summed E-state index contributed by atoms with van der Waals surface area (Å²) in [7, 11) is 1.82. The number of carboxylic acids is 1. The van der Waals surface area contributed by atoms with Crippen molar-refractivity contribution in [1.29, 1.82) is 0 Å². The molecule has 4 N–H and O–H groups in total. The molecule has 1 aliphatic rings. The van der Waals surface area contributed by atoms with Crippen molar-refractivity contribution in [2.24, 2.45) is 7.05 Å². The van der Waals surface area contributed by atoms with Crippen LogP contribution in [0.3, 0.4) is 0 Å². The summed E-state index contributed by atoms with van der Waals surface area (Å²) in [6.45, 7) is 0.276. The second-order valence-electron chi connectivity index (χ2n) is 7.93. The van der Waals surface area contributed by atoms with Crippen molar-refractivity contribution in [3.63, 3.8) is 0 Å². The second-order valence-corrected chi connectivity index (χ2v) is 7.93. The quantitative estimate of drug-likeness (QED) is 0.520. The lowest BCUT2D eigenvalue weighted by atomic mass is 10.1. The summed E-state index contributed by atoms with van der Waals surface area (Å²) >= 11 is 0. The maximum Gasteiger partial charge on any atom is 0.335 e. The highest BCUT2D eigenvalue weighted by Gasteiger charge is 2.30. The smallest absolute Gasteiger partial charge is 0.335 e. The van der Waals surface area contributed by atoms with Gasteiger partial charge in [0.05, 0.1) is 36.1 Å². The van der Waals surface area contributed by atoms with Gasteiger partial charge < -0.3 is 20.9 Å². The third kappa shape index (κ3) is 4.78. The number of carboxylic acid groups (broad SMARTS) is 1. The zero-order chi connectivity index (χ0) is 22.7. The Labute approximate surface area is 185 Å². The molecule has 0 saturated heterocycles. The minimum atomic E-state index is -0.974. The monoisotopic (exact) mass is 435 g/mol. The van der Waals surface area contributed by atoms with Crippen LogP contribution >= 0.6 is 0 Å². The van der Waals surface area contributed by atoms with Crippen LogP contribution in [0.4, 0.5) is 5.82 Å². The lowest BCUT2D eigenvalue weighted by Crippen LogP contribution is -2.41. The summed E-state index contributed by atoms with van der Waals surface area (Å²) in [5.74, 6) is -1.11. The first-order valence-corrected chi connectivity index (χ1v) is 10.4. The molecule has 9 nitrogen and oxygen atoms in total. The van der Waals surface area contributed by atoms with E-state index < -0.39 is 5.97 Å². The van der Waals surface area contributed by atoms with Crippen LogP contribution in [-0.4, -0.2) is 43.9 Å². The maximum atomic E-state index is 13.0. The van der Waals surface area contributed by atoms with Gasteiger partial charge >= 0.3 is 5.97 Å². The highest BCUT2D eigenvalue weighted by atomic mass is 16.5. The van der Waals surface area contributed by atoms with Gasteiger partial charge in [0.1, 0.15) is 5.82 Å². The van der Waals surface area contributed by atoms with Gasteiger partial charge in [-0.1, -0.05) is 12.1 Å². The van der Waals surface area contributed by atoms with Gasteiger partial charge in [-0.2, -0.15) is 5.10 Å². The minimum Gasteiger partial charge on any atom is -0.478 e. The summed E-state index contributed by atoms with van der Waals surface area (Å²) in [6, 6.07) is 8.22. The number of aromatic nitrogens is 3. The Kier molecular flexibility index (Phi) is 6.18. The van der Waals surface area contributed by atoms with E-state index in [1.165, 1.54) is 0 Å².